The summed E-state index contributed by atoms with van der Waals surface area (Å²) < 4.78 is 5.55. The summed E-state index contributed by atoms with van der Waals surface area (Å²) >= 11 is 5.85. The Balaban J connectivity index is 1.44. The lowest BCUT2D eigenvalue weighted by molar-refractivity contribution is 0.00425. The molecule has 0 aliphatic carbocycles. The van der Waals surface area contributed by atoms with Crippen molar-refractivity contribution in [2.45, 2.75) is 37.4 Å². The van der Waals surface area contributed by atoms with Gasteiger partial charge in [0.05, 0.1) is 31.3 Å². The van der Waals surface area contributed by atoms with Crippen LogP contribution in [0.15, 0.2) is 73.4 Å². The summed E-state index contributed by atoms with van der Waals surface area (Å²) in [4.78, 5) is 7.20. The number of thiocarbonyl (C=S) groups is 1. The number of nitrogens with one attached hydrogen (secondary N) is 2. The fourth-order valence-corrected chi connectivity index (χ4v) is 6.37. The maximum atomic E-state index is 10.1. The van der Waals surface area contributed by atoms with E-state index in [1.165, 1.54) is 6.42 Å². The molecule has 1 aromatic heterocycles. The van der Waals surface area contributed by atoms with E-state index in [-0.39, 0.29) is 24.7 Å². The van der Waals surface area contributed by atoms with Crippen molar-refractivity contribution >= 4 is 28.2 Å². The first-order valence-corrected chi connectivity index (χ1v) is 13.5. The molecule has 1 unspecified atom stereocenters. The minimum atomic E-state index is -0.175. The quantitative estimate of drug-likeness (QED) is 0.290. The van der Waals surface area contributed by atoms with E-state index in [1.54, 1.807) is 7.11 Å². The van der Waals surface area contributed by atoms with Crippen molar-refractivity contribution in [2.24, 2.45) is 11.8 Å². The molecule has 0 radical (unpaired) electrons. The van der Waals surface area contributed by atoms with E-state index in [4.69, 9.17) is 17.0 Å². The van der Waals surface area contributed by atoms with Gasteiger partial charge in [-0.05, 0) is 85.3 Å². The summed E-state index contributed by atoms with van der Waals surface area (Å²) in [5, 5.41) is 18.8. The highest BCUT2D eigenvalue weighted by atomic mass is 32.1. The molecule has 0 amide bonds. The number of benzene rings is 2. The van der Waals surface area contributed by atoms with E-state index in [0.717, 1.165) is 47.3 Å². The summed E-state index contributed by atoms with van der Waals surface area (Å²) in [6.45, 7) is 6.20. The van der Waals surface area contributed by atoms with Crippen LogP contribution in [-0.4, -0.2) is 59.0 Å². The van der Waals surface area contributed by atoms with Crippen LogP contribution in [0, 0.1) is 11.8 Å². The molecule has 0 spiro atoms. The van der Waals surface area contributed by atoms with Gasteiger partial charge in [0.25, 0.3) is 0 Å². The number of methoxy groups -OCH3 is 1. The molecule has 37 heavy (non-hydrogen) atoms. The maximum Gasteiger partial charge on any atom is 0.167 e. The topological polar surface area (TPSA) is 69.7 Å². The molecule has 6 atom stereocenters. The molecule has 3 N–H and O–H groups in total. The maximum absolute atomic E-state index is 10.1. The molecule has 4 heterocycles. The number of nitrogens with zero attached hydrogens (tertiary/aromatic N) is 2. The van der Waals surface area contributed by atoms with E-state index in [1.807, 2.05) is 36.5 Å². The average molecular weight is 517 g/mol. The van der Waals surface area contributed by atoms with E-state index in [9.17, 15) is 5.11 Å². The molecule has 6 nitrogen and oxygen atoms in total. The van der Waals surface area contributed by atoms with Crippen LogP contribution in [0.2, 0.25) is 0 Å². The smallest absolute Gasteiger partial charge is 0.167 e. The molecule has 3 saturated heterocycles. The Morgan fingerprint density at radius 1 is 1.24 bits per heavy atom. The number of aromatic nitrogens is 1. The zero-order valence-electron chi connectivity index (χ0n) is 21.3. The van der Waals surface area contributed by atoms with Crippen LogP contribution in [0.4, 0.5) is 0 Å². The van der Waals surface area contributed by atoms with Gasteiger partial charge in [-0.1, -0.05) is 36.4 Å². The van der Waals surface area contributed by atoms with Gasteiger partial charge in [-0.3, -0.25) is 9.88 Å². The van der Waals surface area contributed by atoms with Gasteiger partial charge in [-0.15, -0.1) is 6.58 Å². The molecule has 3 aliphatic heterocycles. The van der Waals surface area contributed by atoms with Crippen LogP contribution in [0.5, 0.6) is 5.75 Å². The van der Waals surface area contributed by atoms with Gasteiger partial charge in [0.15, 0.2) is 5.11 Å². The molecule has 6 rings (SSSR count). The first-order valence-electron chi connectivity index (χ1n) is 13.1. The zero-order chi connectivity index (χ0) is 25.8. The second-order valence-corrected chi connectivity index (χ2v) is 10.6. The van der Waals surface area contributed by atoms with E-state index >= 15 is 0 Å². The second kappa shape index (κ2) is 11.6. The van der Waals surface area contributed by atoms with Crippen LogP contribution < -0.4 is 15.4 Å². The Labute approximate surface area is 224 Å². The number of aliphatic hydroxyl groups is 1. The Hall–Kier alpha value is -3.00. The fraction of sp³-hybridized carbons (Fsp3) is 0.400. The van der Waals surface area contributed by atoms with Crippen molar-refractivity contribution in [1.29, 1.82) is 0 Å². The second-order valence-electron chi connectivity index (χ2n) is 10.2. The third kappa shape index (κ3) is 5.64. The van der Waals surface area contributed by atoms with Crippen molar-refractivity contribution in [1.82, 2.24) is 20.5 Å². The molecule has 194 valence electrons. The van der Waals surface area contributed by atoms with Gasteiger partial charge >= 0.3 is 0 Å². The highest BCUT2D eigenvalue weighted by Crippen LogP contribution is 2.42. The summed E-state index contributed by atoms with van der Waals surface area (Å²) in [6, 6.07) is 18.4. The van der Waals surface area contributed by atoms with Gasteiger partial charge in [0, 0.05) is 24.2 Å². The Morgan fingerprint density at radius 3 is 2.78 bits per heavy atom. The number of hydrogen-bond acceptors (Lipinski definition) is 5. The van der Waals surface area contributed by atoms with Gasteiger partial charge in [-0.2, -0.15) is 0 Å². The van der Waals surface area contributed by atoms with E-state index in [2.05, 4.69) is 57.4 Å². The van der Waals surface area contributed by atoms with Crippen LogP contribution in [0.1, 0.15) is 30.0 Å². The minimum Gasteiger partial charge on any atom is -0.497 e. The molecule has 7 heteroatoms. The first kappa shape index (κ1) is 25.6. The molecule has 2 bridgehead atoms. The molecular formula is C30H36N4O2S. The number of ether oxygens (including phenoxy) is 1. The normalized spacial score (nSPS) is 24.3. The van der Waals surface area contributed by atoms with Crippen molar-refractivity contribution in [3.05, 3.63) is 84.6 Å². The van der Waals surface area contributed by atoms with E-state index < -0.39 is 0 Å². The molecular weight excluding hydrogens is 480 g/mol. The van der Waals surface area contributed by atoms with Crippen LogP contribution in [-0.2, 0) is 6.42 Å². The lowest BCUT2D eigenvalue weighted by Gasteiger charge is -2.52. The molecule has 2 aromatic carbocycles. The number of rotatable bonds is 9. The van der Waals surface area contributed by atoms with Crippen molar-refractivity contribution in [3.63, 3.8) is 0 Å². The highest BCUT2D eigenvalue weighted by Gasteiger charge is 2.43. The zero-order valence-corrected chi connectivity index (χ0v) is 22.2. The number of hydrogen-bond donors (Lipinski definition) is 3. The molecule has 3 aliphatic rings. The Morgan fingerprint density at radius 2 is 2.08 bits per heavy atom. The third-order valence-electron chi connectivity index (χ3n) is 8.02. The minimum absolute atomic E-state index is 0.00455. The summed E-state index contributed by atoms with van der Waals surface area (Å²) in [5.41, 5.74) is 3.25. The summed E-state index contributed by atoms with van der Waals surface area (Å²) in [6.07, 6.45) is 6.99. The van der Waals surface area contributed by atoms with Gasteiger partial charge in [0.1, 0.15) is 5.75 Å². The lowest BCUT2D eigenvalue weighted by atomic mass is 9.73. The summed E-state index contributed by atoms with van der Waals surface area (Å²) in [7, 11) is 1.69. The summed E-state index contributed by atoms with van der Waals surface area (Å²) in [5.74, 6) is 1.97. The van der Waals surface area contributed by atoms with Crippen LogP contribution in [0.3, 0.4) is 0 Å². The third-order valence-corrected chi connectivity index (χ3v) is 8.26. The van der Waals surface area contributed by atoms with Gasteiger partial charge < -0.3 is 20.5 Å². The fourth-order valence-electron chi connectivity index (χ4n) is 6.08. The van der Waals surface area contributed by atoms with Crippen molar-refractivity contribution in [3.8, 4) is 5.75 Å². The van der Waals surface area contributed by atoms with Crippen LogP contribution in [0.25, 0.3) is 10.9 Å². The highest BCUT2D eigenvalue weighted by molar-refractivity contribution is 7.80. The number of aliphatic hydroxyl groups excluding tert-OH is 1. The monoisotopic (exact) mass is 516 g/mol. The average Bonchev–Trinajstić information content (AvgIpc) is 2.95. The molecule has 0 saturated carbocycles. The molecule has 3 fully saturated rings. The van der Waals surface area contributed by atoms with E-state index in [0.29, 0.717) is 23.4 Å². The number of piperidine rings is 3. The van der Waals surface area contributed by atoms with Crippen molar-refractivity contribution in [2.75, 3.05) is 26.8 Å². The van der Waals surface area contributed by atoms with Gasteiger partial charge in [-0.25, -0.2) is 0 Å². The first-order chi connectivity index (χ1) is 18.1. The largest absolute Gasteiger partial charge is 0.497 e. The van der Waals surface area contributed by atoms with Crippen LogP contribution >= 0.6 is 12.2 Å². The number of fused-ring (bicyclic) bond motifs is 4. The van der Waals surface area contributed by atoms with Gasteiger partial charge in [0.2, 0.25) is 0 Å². The lowest BCUT2D eigenvalue weighted by Crippen LogP contribution is -2.58. The predicted molar refractivity (Wildman–Crippen MR) is 153 cm³/mol. The Kier molecular flexibility index (Phi) is 8.03. The van der Waals surface area contributed by atoms with Crippen molar-refractivity contribution < 1.29 is 9.84 Å². The standard InChI is InChI=1S/C30H36N4O2S/c1-3-21-18-34-14-12-22(21)16-28(34)29(25-11-13-31-27-10-9-24(36-2)17-26(25)27)33-30(37)32-23(19-35)15-20-7-5-4-6-8-20/h3-11,13,17,21-23,28-29,35H,1,12,14-16,18-19H2,2H3,(H2,32,33,37)/t21-,22-,23-,28-,29-/m0/s1. The SMILES string of the molecule is C=C[C@H]1CN2CC[C@H]1C[C@H]2[C@@H](NC(=S)N[C@H](CO)Cc1ccccc1)c1ccnc2ccc(OC)cc12. The molecule has 3 aromatic rings. The Bertz CT molecular complexity index is 1240. The predicted octanol–water partition coefficient (Wildman–Crippen LogP) is 4.25. The number of pyridine rings is 1.